The second-order valence-corrected chi connectivity index (χ2v) is 6.06. The third-order valence-corrected chi connectivity index (χ3v) is 4.28. The monoisotopic (exact) mass is 359 g/mol. The highest BCUT2D eigenvalue weighted by Gasteiger charge is 2.19. The van der Waals surface area contributed by atoms with Crippen molar-refractivity contribution in [2.24, 2.45) is 0 Å². The van der Waals surface area contributed by atoms with Gasteiger partial charge < -0.3 is 9.84 Å². The van der Waals surface area contributed by atoms with Crippen LogP contribution in [0.3, 0.4) is 0 Å². The summed E-state index contributed by atoms with van der Waals surface area (Å²) in [6, 6.07) is 17.0. The lowest BCUT2D eigenvalue weighted by Crippen LogP contribution is -2.26. The SMILES string of the molecule is C[C@H](NC(=O)c1cnoc1-c1ccccc1)c1ccc(-n2cncn2)cc1. The zero-order chi connectivity index (χ0) is 18.6. The Balaban J connectivity index is 1.50. The molecule has 0 saturated heterocycles. The average Bonchev–Trinajstić information content (AvgIpc) is 3.41. The number of carbonyl (C=O) groups excluding carboxylic acids is 1. The molecule has 0 saturated carbocycles. The number of nitrogens with one attached hydrogen (secondary N) is 1. The van der Waals surface area contributed by atoms with Crippen LogP contribution in [0.2, 0.25) is 0 Å². The standard InChI is InChI=1S/C20H17N5O2/c1-14(15-7-9-17(10-8-15)25-13-21-12-22-25)24-20(26)18-11-23-27-19(18)16-5-3-2-4-6-16/h2-14H,1H3,(H,24,26)/t14-/m0/s1. The van der Waals surface area contributed by atoms with Gasteiger partial charge in [0.25, 0.3) is 5.91 Å². The van der Waals surface area contributed by atoms with Gasteiger partial charge in [-0.3, -0.25) is 4.79 Å². The van der Waals surface area contributed by atoms with Gasteiger partial charge in [0, 0.05) is 5.56 Å². The summed E-state index contributed by atoms with van der Waals surface area (Å²) in [6.07, 6.45) is 4.56. The molecule has 2 aromatic carbocycles. The van der Waals surface area contributed by atoms with E-state index >= 15 is 0 Å². The van der Waals surface area contributed by atoms with E-state index in [0.717, 1.165) is 16.8 Å². The van der Waals surface area contributed by atoms with Crippen LogP contribution < -0.4 is 5.32 Å². The minimum absolute atomic E-state index is 0.180. The number of benzene rings is 2. The lowest BCUT2D eigenvalue weighted by Gasteiger charge is -2.14. The van der Waals surface area contributed by atoms with E-state index in [9.17, 15) is 4.79 Å². The molecular weight excluding hydrogens is 342 g/mol. The summed E-state index contributed by atoms with van der Waals surface area (Å²) in [5.41, 5.74) is 3.10. The number of nitrogens with zero attached hydrogens (tertiary/aromatic N) is 4. The van der Waals surface area contributed by atoms with E-state index in [1.54, 1.807) is 11.0 Å². The molecule has 7 nitrogen and oxygen atoms in total. The Kier molecular flexibility index (Phi) is 4.49. The molecule has 1 atom stereocenters. The summed E-state index contributed by atoms with van der Waals surface area (Å²) in [5, 5.41) is 10.9. The maximum Gasteiger partial charge on any atom is 0.257 e. The van der Waals surface area contributed by atoms with E-state index in [0.29, 0.717) is 11.3 Å². The van der Waals surface area contributed by atoms with E-state index in [2.05, 4.69) is 20.6 Å². The Hall–Kier alpha value is -3.74. The van der Waals surface area contributed by atoms with Crippen molar-refractivity contribution in [2.45, 2.75) is 13.0 Å². The summed E-state index contributed by atoms with van der Waals surface area (Å²) in [6.45, 7) is 1.93. The van der Waals surface area contributed by atoms with E-state index in [4.69, 9.17) is 4.52 Å². The fourth-order valence-corrected chi connectivity index (χ4v) is 2.81. The molecule has 7 heteroatoms. The summed E-state index contributed by atoms with van der Waals surface area (Å²) >= 11 is 0. The predicted octanol–water partition coefficient (Wildman–Crippen LogP) is 3.41. The Morgan fingerprint density at radius 2 is 1.89 bits per heavy atom. The summed E-state index contributed by atoms with van der Waals surface area (Å²) in [7, 11) is 0. The van der Waals surface area contributed by atoms with Crippen LogP contribution in [0, 0.1) is 0 Å². The van der Waals surface area contributed by atoms with Gasteiger partial charge in [-0.25, -0.2) is 9.67 Å². The molecular formula is C20H17N5O2. The van der Waals surface area contributed by atoms with Crippen LogP contribution in [0.4, 0.5) is 0 Å². The van der Waals surface area contributed by atoms with Crippen LogP contribution in [0.1, 0.15) is 28.9 Å². The van der Waals surface area contributed by atoms with Crippen molar-refractivity contribution in [1.82, 2.24) is 25.2 Å². The van der Waals surface area contributed by atoms with Crippen LogP contribution in [0.25, 0.3) is 17.0 Å². The van der Waals surface area contributed by atoms with Gasteiger partial charge in [0.2, 0.25) is 0 Å². The first kappa shape index (κ1) is 16.7. The number of rotatable bonds is 5. The third kappa shape index (κ3) is 3.48. The lowest BCUT2D eigenvalue weighted by molar-refractivity contribution is 0.0940. The first-order valence-corrected chi connectivity index (χ1v) is 8.48. The zero-order valence-electron chi connectivity index (χ0n) is 14.6. The minimum atomic E-state index is -0.233. The normalized spacial score (nSPS) is 11.9. The summed E-state index contributed by atoms with van der Waals surface area (Å²) in [4.78, 5) is 16.6. The van der Waals surface area contributed by atoms with Crippen molar-refractivity contribution in [1.29, 1.82) is 0 Å². The van der Waals surface area contributed by atoms with Gasteiger partial charge in [-0.05, 0) is 24.6 Å². The molecule has 27 heavy (non-hydrogen) atoms. The molecule has 0 spiro atoms. The highest BCUT2D eigenvalue weighted by atomic mass is 16.5. The van der Waals surface area contributed by atoms with Crippen molar-refractivity contribution in [3.05, 3.63) is 84.6 Å². The van der Waals surface area contributed by atoms with E-state index in [1.807, 2.05) is 61.5 Å². The van der Waals surface area contributed by atoms with E-state index < -0.39 is 0 Å². The fourth-order valence-electron chi connectivity index (χ4n) is 2.81. The summed E-state index contributed by atoms with van der Waals surface area (Å²) < 4.78 is 6.97. The first-order valence-electron chi connectivity index (χ1n) is 8.48. The molecule has 4 aromatic rings. The van der Waals surface area contributed by atoms with Crippen LogP contribution in [-0.2, 0) is 0 Å². The topological polar surface area (TPSA) is 85.8 Å². The van der Waals surface area contributed by atoms with Crippen molar-refractivity contribution in [2.75, 3.05) is 0 Å². The molecule has 1 N–H and O–H groups in total. The molecule has 0 radical (unpaired) electrons. The molecule has 2 heterocycles. The molecule has 1 amide bonds. The van der Waals surface area contributed by atoms with Gasteiger partial charge in [-0.2, -0.15) is 5.10 Å². The highest BCUT2D eigenvalue weighted by Crippen LogP contribution is 2.24. The maximum atomic E-state index is 12.7. The number of aromatic nitrogens is 4. The second kappa shape index (κ2) is 7.25. The number of hydrogen-bond donors (Lipinski definition) is 1. The van der Waals surface area contributed by atoms with E-state index in [1.165, 1.54) is 12.5 Å². The zero-order valence-corrected chi connectivity index (χ0v) is 14.6. The Bertz CT molecular complexity index is 1020. The number of carbonyl (C=O) groups is 1. The van der Waals surface area contributed by atoms with Crippen LogP contribution >= 0.6 is 0 Å². The summed E-state index contributed by atoms with van der Waals surface area (Å²) in [5.74, 6) is 0.227. The molecule has 0 aliphatic rings. The highest BCUT2D eigenvalue weighted by molar-refractivity contribution is 5.99. The molecule has 4 rings (SSSR count). The van der Waals surface area contributed by atoms with Crippen molar-refractivity contribution in [3.8, 4) is 17.0 Å². The molecule has 0 aliphatic heterocycles. The van der Waals surface area contributed by atoms with Gasteiger partial charge in [0.1, 0.15) is 18.2 Å². The smallest absolute Gasteiger partial charge is 0.257 e. The molecule has 134 valence electrons. The Labute approximate surface area is 155 Å². The van der Waals surface area contributed by atoms with Crippen molar-refractivity contribution in [3.63, 3.8) is 0 Å². The molecule has 0 fully saturated rings. The van der Waals surface area contributed by atoms with Crippen LogP contribution in [0.15, 0.2) is 78.0 Å². The largest absolute Gasteiger partial charge is 0.355 e. The van der Waals surface area contributed by atoms with Gasteiger partial charge in [-0.1, -0.05) is 47.6 Å². The van der Waals surface area contributed by atoms with Crippen molar-refractivity contribution < 1.29 is 9.32 Å². The lowest BCUT2D eigenvalue weighted by atomic mass is 10.1. The van der Waals surface area contributed by atoms with Crippen LogP contribution in [0.5, 0.6) is 0 Å². The second-order valence-electron chi connectivity index (χ2n) is 6.06. The van der Waals surface area contributed by atoms with Gasteiger partial charge in [0.15, 0.2) is 5.76 Å². The first-order chi connectivity index (χ1) is 13.2. The predicted molar refractivity (Wildman–Crippen MR) is 99.2 cm³/mol. The molecule has 0 aliphatic carbocycles. The third-order valence-electron chi connectivity index (χ3n) is 4.28. The van der Waals surface area contributed by atoms with Gasteiger partial charge in [-0.15, -0.1) is 0 Å². The Morgan fingerprint density at radius 1 is 1.11 bits per heavy atom. The minimum Gasteiger partial charge on any atom is -0.355 e. The fraction of sp³-hybridized carbons (Fsp3) is 0.100. The average molecular weight is 359 g/mol. The van der Waals surface area contributed by atoms with Gasteiger partial charge in [0.05, 0.1) is 17.9 Å². The number of amides is 1. The number of hydrogen-bond acceptors (Lipinski definition) is 5. The molecule has 2 aromatic heterocycles. The molecule has 0 unspecified atom stereocenters. The van der Waals surface area contributed by atoms with Gasteiger partial charge >= 0.3 is 0 Å². The maximum absolute atomic E-state index is 12.7. The molecule has 0 bridgehead atoms. The Morgan fingerprint density at radius 3 is 2.59 bits per heavy atom. The van der Waals surface area contributed by atoms with E-state index in [-0.39, 0.29) is 11.9 Å². The van der Waals surface area contributed by atoms with Crippen molar-refractivity contribution >= 4 is 5.91 Å². The quantitative estimate of drug-likeness (QED) is 0.590. The van der Waals surface area contributed by atoms with Crippen LogP contribution in [-0.4, -0.2) is 25.8 Å².